The predicted octanol–water partition coefficient (Wildman–Crippen LogP) is 1.22. The monoisotopic (exact) mass is 293 g/mol. The fourth-order valence-corrected chi connectivity index (χ4v) is 1.75. The van der Waals surface area contributed by atoms with Crippen molar-refractivity contribution >= 4 is 17.9 Å². The highest BCUT2D eigenvalue weighted by Gasteiger charge is 2.09. The van der Waals surface area contributed by atoms with Gasteiger partial charge in [0.15, 0.2) is 0 Å². The second-order valence-electron chi connectivity index (χ2n) is 4.44. The highest BCUT2D eigenvalue weighted by atomic mass is 16.4. The molecule has 0 spiro atoms. The number of carbonyl (C=O) groups excluding carboxylic acids is 2. The first-order valence-electron chi connectivity index (χ1n) is 6.75. The lowest BCUT2D eigenvalue weighted by molar-refractivity contribution is -0.137. The number of imide groups is 1. The smallest absolute Gasteiger partial charge is 0.321 e. The van der Waals surface area contributed by atoms with Gasteiger partial charge in [0, 0.05) is 19.0 Å². The van der Waals surface area contributed by atoms with Crippen LogP contribution >= 0.6 is 0 Å². The number of pyridine rings is 1. The average Bonchev–Trinajstić information content (AvgIpc) is 2.45. The minimum Gasteiger partial charge on any atom is -0.481 e. The molecule has 0 atom stereocenters. The summed E-state index contributed by atoms with van der Waals surface area (Å²) >= 11 is 0. The van der Waals surface area contributed by atoms with E-state index in [1.165, 1.54) is 0 Å². The second kappa shape index (κ2) is 8.68. The third kappa shape index (κ3) is 6.51. The van der Waals surface area contributed by atoms with Crippen molar-refractivity contribution in [3.05, 3.63) is 29.6 Å². The summed E-state index contributed by atoms with van der Waals surface area (Å²) in [5, 5.41) is 13.2. The molecule has 0 radical (unpaired) electrons. The Morgan fingerprint density at radius 2 is 2.05 bits per heavy atom. The second-order valence-corrected chi connectivity index (χ2v) is 4.44. The Hall–Kier alpha value is -2.44. The van der Waals surface area contributed by atoms with Gasteiger partial charge in [0.2, 0.25) is 5.91 Å². The summed E-state index contributed by atoms with van der Waals surface area (Å²) in [5.74, 6) is -1.46. The van der Waals surface area contributed by atoms with Gasteiger partial charge in [-0.3, -0.25) is 19.9 Å². The van der Waals surface area contributed by atoms with E-state index in [-0.39, 0.29) is 25.8 Å². The van der Waals surface area contributed by atoms with Crippen molar-refractivity contribution in [1.29, 1.82) is 0 Å². The molecule has 0 unspecified atom stereocenters. The molecule has 21 heavy (non-hydrogen) atoms. The standard InChI is InChI=1S/C14H19N3O4/c1-2-10-5-4-8-15-11(10)9-16-14(21)17-12(18)6-3-7-13(19)20/h4-5,8H,2-3,6-7,9H2,1H3,(H,19,20)(H2,16,17,18,21). The van der Waals surface area contributed by atoms with Crippen LogP contribution in [0.1, 0.15) is 37.4 Å². The lowest BCUT2D eigenvalue weighted by Gasteiger charge is -2.08. The van der Waals surface area contributed by atoms with Gasteiger partial charge in [-0.1, -0.05) is 13.0 Å². The van der Waals surface area contributed by atoms with Crippen molar-refractivity contribution < 1.29 is 19.5 Å². The predicted molar refractivity (Wildman–Crippen MR) is 75.5 cm³/mol. The number of carbonyl (C=O) groups is 3. The van der Waals surface area contributed by atoms with Gasteiger partial charge in [0.05, 0.1) is 12.2 Å². The van der Waals surface area contributed by atoms with Crippen LogP contribution in [0.15, 0.2) is 18.3 Å². The first-order valence-corrected chi connectivity index (χ1v) is 6.75. The van der Waals surface area contributed by atoms with Gasteiger partial charge >= 0.3 is 12.0 Å². The number of carboxylic acids is 1. The number of nitrogens with zero attached hydrogens (tertiary/aromatic N) is 1. The van der Waals surface area contributed by atoms with Crippen molar-refractivity contribution in [3.63, 3.8) is 0 Å². The lowest BCUT2D eigenvalue weighted by atomic mass is 10.1. The zero-order valence-corrected chi connectivity index (χ0v) is 11.9. The maximum atomic E-state index is 11.5. The molecule has 1 aromatic rings. The normalized spacial score (nSPS) is 9.95. The maximum absolute atomic E-state index is 11.5. The van der Waals surface area contributed by atoms with Crippen LogP contribution in [0.5, 0.6) is 0 Å². The fraction of sp³-hybridized carbons (Fsp3) is 0.429. The minimum absolute atomic E-state index is 0.00349. The van der Waals surface area contributed by atoms with Crippen molar-refractivity contribution in [2.45, 2.75) is 39.2 Å². The minimum atomic E-state index is -0.963. The summed E-state index contributed by atoms with van der Waals surface area (Å²) in [7, 11) is 0. The zero-order valence-electron chi connectivity index (χ0n) is 11.9. The molecule has 1 heterocycles. The third-order valence-corrected chi connectivity index (χ3v) is 2.83. The summed E-state index contributed by atoms with van der Waals surface area (Å²) in [6.45, 7) is 2.23. The topological polar surface area (TPSA) is 108 Å². The zero-order chi connectivity index (χ0) is 15.7. The highest BCUT2D eigenvalue weighted by molar-refractivity contribution is 5.94. The van der Waals surface area contributed by atoms with E-state index in [1.807, 2.05) is 19.1 Å². The van der Waals surface area contributed by atoms with E-state index in [0.29, 0.717) is 0 Å². The fourth-order valence-electron chi connectivity index (χ4n) is 1.75. The molecule has 3 N–H and O–H groups in total. The molecule has 0 saturated heterocycles. The number of aromatic nitrogens is 1. The summed E-state index contributed by atoms with van der Waals surface area (Å²) in [6.07, 6.45) is 2.56. The quantitative estimate of drug-likeness (QED) is 0.700. The van der Waals surface area contributed by atoms with E-state index in [0.717, 1.165) is 17.7 Å². The number of carboxylic acid groups (broad SMARTS) is 1. The van der Waals surface area contributed by atoms with E-state index in [1.54, 1.807) is 6.20 Å². The van der Waals surface area contributed by atoms with Gasteiger partial charge < -0.3 is 10.4 Å². The molecular weight excluding hydrogens is 274 g/mol. The third-order valence-electron chi connectivity index (χ3n) is 2.83. The van der Waals surface area contributed by atoms with E-state index in [4.69, 9.17) is 5.11 Å². The number of rotatable bonds is 7. The summed E-state index contributed by atoms with van der Waals surface area (Å²) in [5.41, 5.74) is 1.79. The van der Waals surface area contributed by atoms with Crippen LogP contribution in [0.3, 0.4) is 0 Å². The van der Waals surface area contributed by atoms with Crippen molar-refractivity contribution in [2.24, 2.45) is 0 Å². The average molecular weight is 293 g/mol. The Balaban J connectivity index is 2.33. The van der Waals surface area contributed by atoms with E-state index < -0.39 is 17.9 Å². The van der Waals surface area contributed by atoms with Crippen LogP contribution in [0.2, 0.25) is 0 Å². The van der Waals surface area contributed by atoms with Crippen molar-refractivity contribution in [1.82, 2.24) is 15.6 Å². The number of hydrogen-bond donors (Lipinski definition) is 3. The highest BCUT2D eigenvalue weighted by Crippen LogP contribution is 2.05. The first kappa shape index (κ1) is 16.6. The van der Waals surface area contributed by atoms with E-state index in [9.17, 15) is 14.4 Å². The lowest BCUT2D eigenvalue weighted by Crippen LogP contribution is -2.39. The number of aryl methyl sites for hydroxylation is 1. The Morgan fingerprint density at radius 1 is 1.29 bits per heavy atom. The maximum Gasteiger partial charge on any atom is 0.321 e. The van der Waals surface area contributed by atoms with Crippen LogP contribution in [0.4, 0.5) is 4.79 Å². The van der Waals surface area contributed by atoms with Gasteiger partial charge in [0.1, 0.15) is 0 Å². The van der Waals surface area contributed by atoms with Crippen LogP contribution in [-0.4, -0.2) is 28.0 Å². The molecule has 0 fully saturated rings. The molecule has 3 amide bonds. The molecule has 0 aromatic carbocycles. The van der Waals surface area contributed by atoms with Crippen LogP contribution < -0.4 is 10.6 Å². The van der Waals surface area contributed by atoms with Gasteiger partial charge in [-0.15, -0.1) is 0 Å². The summed E-state index contributed by atoms with van der Waals surface area (Å²) < 4.78 is 0. The van der Waals surface area contributed by atoms with Crippen molar-refractivity contribution in [3.8, 4) is 0 Å². The molecular formula is C14H19N3O4. The first-order chi connectivity index (χ1) is 10.0. The number of nitrogens with one attached hydrogen (secondary N) is 2. The van der Waals surface area contributed by atoms with Crippen LogP contribution in [0, 0.1) is 0 Å². The van der Waals surface area contributed by atoms with Gasteiger partial charge in [0.25, 0.3) is 0 Å². The molecule has 1 rings (SSSR count). The Labute approximate surface area is 122 Å². The molecule has 7 heteroatoms. The molecule has 0 aliphatic rings. The van der Waals surface area contributed by atoms with Crippen molar-refractivity contribution in [2.75, 3.05) is 0 Å². The number of urea groups is 1. The summed E-state index contributed by atoms with van der Waals surface area (Å²) in [6, 6.07) is 3.15. The molecule has 0 bridgehead atoms. The van der Waals surface area contributed by atoms with Gasteiger partial charge in [-0.05, 0) is 24.5 Å². The number of aliphatic carboxylic acids is 1. The van der Waals surface area contributed by atoms with Gasteiger partial charge in [-0.25, -0.2) is 4.79 Å². The summed E-state index contributed by atoms with van der Waals surface area (Å²) in [4.78, 5) is 37.4. The molecule has 0 aliphatic heterocycles. The molecule has 1 aromatic heterocycles. The van der Waals surface area contributed by atoms with E-state index in [2.05, 4.69) is 15.6 Å². The Kier molecular flexibility index (Phi) is 6.86. The Morgan fingerprint density at radius 3 is 2.71 bits per heavy atom. The van der Waals surface area contributed by atoms with Crippen LogP contribution in [-0.2, 0) is 22.6 Å². The van der Waals surface area contributed by atoms with Crippen LogP contribution in [0.25, 0.3) is 0 Å². The number of amides is 3. The Bertz CT molecular complexity index is 517. The molecule has 7 nitrogen and oxygen atoms in total. The molecule has 0 saturated carbocycles. The largest absolute Gasteiger partial charge is 0.481 e. The molecule has 114 valence electrons. The SMILES string of the molecule is CCc1cccnc1CNC(=O)NC(=O)CCCC(=O)O. The molecule has 0 aliphatic carbocycles. The van der Waals surface area contributed by atoms with E-state index >= 15 is 0 Å². The van der Waals surface area contributed by atoms with Gasteiger partial charge in [-0.2, -0.15) is 0 Å². The number of hydrogen-bond acceptors (Lipinski definition) is 4.